The molecule has 0 radical (unpaired) electrons. The highest BCUT2D eigenvalue weighted by atomic mass is 16.5. The van der Waals surface area contributed by atoms with Crippen LogP contribution in [0.4, 0.5) is 17.3 Å². The number of carbonyl (C=O) groups excluding carboxylic acids is 2. The Morgan fingerprint density at radius 2 is 1.78 bits per heavy atom. The summed E-state index contributed by atoms with van der Waals surface area (Å²) in [5.41, 5.74) is 5.78. The molecule has 10 nitrogen and oxygen atoms in total. The van der Waals surface area contributed by atoms with Crippen molar-refractivity contribution in [3.05, 3.63) is 88.6 Å². The predicted molar refractivity (Wildman–Crippen MR) is 185 cm³/mol. The minimum atomic E-state index is -0.176. The molecule has 0 saturated carbocycles. The number of hydrogen-bond donors (Lipinski definition) is 2. The van der Waals surface area contributed by atoms with Gasteiger partial charge in [0, 0.05) is 68.0 Å². The summed E-state index contributed by atoms with van der Waals surface area (Å²) in [5.74, 6) is 0.899. The number of amides is 2. The molecule has 0 bridgehead atoms. The summed E-state index contributed by atoms with van der Waals surface area (Å²) < 4.78 is 5.23. The minimum Gasteiger partial charge on any atom is -0.501 e. The van der Waals surface area contributed by atoms with Crippen LogP contribution < -0.4 is 15.5 Å². The summed E-state index contributed by atoms with van der Waals surface area (Å²) in [5, 5.41) is 6.32. The van der Waals surface area contributed by atoms with Crippen molar-refractivity contribution < 1.29 is 14.3 Å². The van der Waals surface area contributed by atoms with Crippen LogP contribution in [0.15, 0.2) is 77.4 Å². The molecule has 0 aliphatic carbocycles. The summed E-state index contributed by atoms with van der Waals surface area (Å²) in [4.78, 5) is 42.2. The number of ether oxygens (including phenoxy) is 1. The number of anilines is 3. The van der Waals surface area contributed by atoms with Gasteiger partial charge < -0.3 is 30.1 Å². The van der Waals surface area contributed by atoms with Crippen LogP contribution in [0.25, 0.3) is 0 Å². The van der Waals surface area contributed by atoms with Gasteiger partial charge in [-0.1, -0.05) is 31.6 Å². The maximum absolute atomic E-state index is 13.5. The van der Waals surface area contributed by atoms with Crippen LogP contribution in [0.3, 0.4) is 0 Å². The van der Waals surface area contributed by atoms with E-state index in [1.54, 1.807) is 19.4 Å². The molecule has 1 unspecified atom stereocenters. The molecule has 2 amide bonds. The Morgan fingerprint density at radius 1 is 1.07 bits per heavy atom. The van der Waals surface area contributed by atoms with Crippen molar-refractivity contribution >= 4 is 29.1 Å². The number of methoxy groups -OCH3 is 1. The standard InChI is InChI=1S/C36H49N7O3/c1-8-10-28(23-26(4)46-7)34(44)38-29(9-2)12-11-25(3)27(5)43-18-17-33-32(35(43)45)24-37-36(40-33)39-30-13-15-31(16-14-30)42-21-19-41(6)20-22-42/h10-16,23-24,27H,8-9,17-22H2,1-7H3,(H,38,44)(H,37,39,40). The van der Waals surface area contributed by atoms with E-state index in [-0.39, 0.29) is 17.9 Å². The van der Waals surface area contributed by atoms with Crippen LogP contribution in [0.2, 0.25) is 0 Å². The molecular formula is C36H49N7O3. The summed E-state index contributed by atoms with van der Waals surface area (Å²) in [6, 6.07) is 8.21. The Morgan fingerprint density at radius 3 is 2.43 bits per heavy atom. The van der Waals surface area contributed by atoms with Crippen molar-refractivity contribution in [3.63, 3.8) is 0 Å². The Hall–Kier alpha value is -4.44. The molecule has 2 aliphatic heterocycles. The second-order valence-corrected chi connectivity index (χ2v) is 11.9. The maximum atomic E-state index is 13.5. The van der Waals surface area contributed by atoms with Crippen LogP contribution in [-0.2, 0) is 16.0 Å². The predicted octanol–water partition coefficient (Wildman–Crippen LogP) is 5.60. The third-order valence-corrected chi connectivity index (χ3v) is 8.64. The summed E-state index contributed by atoms with van der Waals surface area (Å²) in [6.07, 6.45) is 11.2. The van der Waals surface area contributed by atoms with E-state index in [0.717, 1.165) is 55.3 Å². The highest BCUT2D eigenvalue weighted by Gasteiger charge is 2.30. The van der Waals surface area contributed by atoms with Gasteiger partial charge in [0.15, 0.2) is 0 Å². The summed E-state index contributed by atoms with van der Waals surface area (Å²) in [6.45, 7) is 14.6. The SMILES string of the molecule is CCC=C(C=C(C)OC)C(=O)NC(=CC=C(C)C(C)N1CCc2nc(Nc3ccc(N4CCN(C)CC4)cc3)ncc2C1=O)CC. The molecule has 246 valence electrons. The molecule has 1 aromatic carbocycles. The van der Waals surface area contributed by atoms with Gasteiger partial charge in [-0.3, -0.25) is 9.59 Å². The van der Waals surface area contributed by atoms with Gasteiger partial charge in [0.1, 0.15) is 0 Å². The molecule has 1 atom stereocenters. The van der Waals surface area contributed by atoms with E-state index in [2.05, 4.69) is 44.6 Å². The van der Waals surface area contributed by atoms with Crippen molar-refractivity contribution in [3.8, 4) is 0 Å². The van der Waals surface area contributed by atoms with Crippen LogP contribution in [0.5, 0.6) is 0 Å². The molecule has 3 heterocycles. The molecular weight excluding hydrogens is 578 g/mol. The lowest BCUT2D eigenvalue weighted by molar-refractivity contribution is -0.116. The van der Waals surface area contributed by atoms with Gasteiger partial charge in [0.2, 0.25) is 5.95 Å². The highest BCUT2D eigenvalue weighted by Crippen LogP contribution is 2.25. The topological polar surface area (TPSA) is 103 Å². The first kappa shape index (κ1) is 34.4. The third kappa shape index (κ3) is 8.84. The Balaban J connectivity index is 1.39. The molecule has 0 spiro atoms. The quantitative estimate of drug-likeness (QED) is 0.178. The molecule has 4 rings (SSSR count). The first-order chi connectivity index (χ1) is 22.1. The van der Waals surface area contributed by atoms with E-state index in [0.29, 0.717) is 42.2 Å². The second kappa shape index (κ2) is 16.2. The van der Waals surface area contributed by atoms with Gasteiger partial charge in [0.05, 0.1) is 30.2 Å². The maximum Gasteiger partial charge on any atom is 0.257 e. The molecule has 2 aromatic rings. The fourth-order valence-corrected chi connectivity index (χ4v) is 5.45. The average molecular weight is 628 g/mol. The number of carbonyl (C=O) groups is 2. The van der Waals surface area contributed by atoms with Crippen LogP contribution in [0.1, 0.15) is 63.5 Å². The monoisotopic (exact) mass is 627 g/mol. The Bertz CT molecular complexity index is 1500. The largest absolute Gasteiger partial charge is 0.501 e. The number of aromatic nitrogens is 2. The lowest BCUT2D eigenvalue weighted by atomic mass is 10.0. The van der Waals surface area contributed by atoms with Gasteiger partial charge in [0.25, 0.3) is 11.8 Å². The first-order valence-electron chi connectivity index (χ1n) is 16.2. The number of hydrogen-bond acceptors (Lipinski definition) is 8. The Labute approximate surface area is 273 Å². The van der Waals surface area contributed by atoms with Crippen molar-refractivity contribution in [2.24, 2.45) is 0 Å². The lowest BCUT2D eigenvalue weighted by Crippen LogP contribution is -2.44. The zero-order valence-electron chi connectivity index (χ0n) is 28.4. The minimum absolute atomic E-state index is 0.0766. The van der Waals surface area contributed by atoms with E-state index in [9.17, 15) is 9.59 Å². The number of fused-ring (bicyclic) bond motifs is 1. The zero-order chi connectivity index (χ0) is 33.2. The number of benzene rings is 1. The van der Waals surface area contributed by atoms with Crippen LogP contribution in [0, 0.1) is 0 Å². The lowest BCUT2D eigenvalue weighted by Gasteiger charge is -2.34. The van der Waals surface area contributed by atoms with Crippen molar-refractivity contribution in [2.75, 3.05) is 57.1 Å². The zero-order valence-corrected chi connectivity index (χ0v) is 28.4. The second-order valence-electron chi connectivity index (χ2n) is 11.9. The smallest absolute Gasteiger partial charge is 0.257 e. The number of nitrogens with zero attached hydrogens (tertiary/aromatic N) is 5. The number of allylic oxidation sites excluding steroid dienone is 5. The molecule has 1 aromatic heterocycles. The number of rotatable bonds is 12. The summed E-state index contributed by atoms with van der Waals surface area (Å²) in [7, 11) is 3.74. The number of nitrogens with one attached hydrogen (secondary N) is 2. The molecule has 2 aliphatic rings. The van der Waals surface area contributed by atoms with Crippen molar-refractivity contribution in [1.82, 2.24) is 25.1 Å². The molecule has 46 heavy (non-hydrogen) atoms. The highest BCUT2D eigenvalue weighted by molar-refractivity contribution is 5.97. The van der Waals surface area contributed by atoms with Crippen LogP contribution >= 0.6 is 0 Å². The van der Waals surface area contributed by atoms with E-state index >= 15 is 0 Å². The van der Waals surface area contributed by atoms with E-state index in [1.165, 1.54) is 5.69 Å². The van der Waals surface area contributed by atoms with Crippen molar-refractivity contribution in [1.29, 1.82) is 0 Å². The fraction of sp³-hybridized carbons (Fsp3) is 0.444. The van der Waals surface area contributed by atoms with Gasteiger partial charge in [-0.25, -0.2) is 9.97 Å². The van der Waals surface area contributed by atoms with Gasteiger partial charge in [-0.15, -0.1) is 0 Å². The number of likely N-dealkylation sites (N-methyl/N-ethyl adjacent to an activating group) is 1. The van der Waals surface area contributed by atoms with E-state index in [1.807, 2.05) is 69.9 Å². The number of piperazine rings is 1. The molecule has 10 heteroatoms. The van der Waals surface area contributed by atoms with E-state index in [4.69, 9.17) is 9.72 Å². The average Bonchev–Trinajstić information content (AvgIpc) is 3.06. The fourth-order valence-electron chi connectivity index (χ4n) is 5.45. The molecule has 1 fully saturated rings. The summed E-state index contributed by atoms with van der Waals surface area (Å²) >= 11 is 0. The molecule has 2 N–H and O–H groups in total. The van der Waals surface area contributed by atoms with Crippen molar-refractivity contribution in [2.45, 2.75) is 59.9 Å². The van der Waals surface area contributed by atoms with Gasteiger partial charge in [-0.2, -0.15) is 0 Å². The molecule has 1 saturated heterocycles. The Kier molecular flexibility index (Phi) is 12.1. The first-order valence-corrected chi connectivity index (χ1v) is 16.2. The van der Waals surface area contributed by atoms with Gasteiger partial charge in [-0.05, 0) is 77.1 Å². The van der Waals surface area contributed by atoms with Gasteiger partial charge >= 0.3 is 0 Å². The van der Waals surface area contributed by atoms with E-state index < -0.39 is 0 Å². The van der Waals surface area contributed by atoms with Crippen LogP contribution in [-0.4, -0.2) is 84.5 Å². The normalized spacial score (nSPS) is 17.5. The third-order valence-electron chi connectivity index (χ3n) is 8.64.